The average Bonchev–Trinajstić information content (AvgIpc) is 2.95. The van der Waals surface area contributed by atoms with Crippen LogP contribution >= 0.6 is 0 Å². The molecule has 1 saturated heterocycles. The summed E-state index contributed by atoms with van der Waals surface area (Å²) in [6, 6.07) is 8.61. The highest BCUT2D eigenvalue weighted by molar-refractivity contribution is 5.30. The van der Waals surface area contributed by atoms with Gasteiger partial charge in [0.1, 0.15) is 6.04 Å². The molecule has 1 heterocycles. The van der Waals surface area contributed by atoms with Crippen molar-refractivity contribution < 1.29 is 9.47 Å². The molecule has 88 valence electrons. The summed E-state index contributed by atoms with van der Waals surface area (Å²) in [6.45, 7) is 7.34. The highest BCUT2D eigenvalue weighted by Gasteiger charge is 2.57. The van der Waals surface area contributed by atoms with Crippen LogP contribution in [0.5, 0.6) is 0 Å². The molecule has 1 atom stereocenters. The van der Waals surface area contributed by atoms with E-state index >= 15 is 0 Å². The van der Waals surface area contributed by atoms with E-state index in [4.69, 9.17) is 9.47 Å². The lowest BCUT2D eigenvalue weighted by molar-refractivity contribution is -0.170. The molecule has 3 heteroatoms. The van der Waals surface area contributed by atoms with Gasteiger partial charge in [-0.2, -0.15) is 0 Å². The number of nitrogens with one attached hydrogen (secondary N) is 1. The number of rotatable bonds is 5. The molecule has 1 fully saturated rings. The van der Waals surface area contributed by atoms with Gasteiger partial charge in [-0.05, 0) is 26.3 Å². The van der Waals surface area contributed by atoms with Crippen LogP contribution in [0.3, 0.4) is 0 Å². The fourth-order valence-corrected chi connectivity index (χ4v) is 1.94. The molecular formula is C13H19NO2. The smallest absolute Gasteiger partial charge is 0.248 e. The summed E-state index contributed by atoms with van der Waals surface area (Å²) >= 11 is 0. The topological polar surface area (TPSA) is 40.4 Å². The molecule has 1 aliphatic rings. The first kappa shape index (κ1) is 11.6. The first-order valence-electron chi connectivity index (χ1n) is 5.84. The molecule has 1 N–H and O–H groups in total. The molecule has 0 spiro atoms. The predicted molar refractivity (Wildman–Crippen MR) is 63.0 cm³/mol. The summed E-state index contributed by atoms with van der Waals surface area (Å²) in [5.74, 6) is -0.585. The Bertz CT molecular complexity index is 341. The van der Waals surface area contributed by atoms with E-state index < -0.39 is 5.91 Å². The Morgan fingerprint density at radius 3 is 2.19 bits per heavy atom. The van der Waals surface area contributed by atoms with E-state index in [2.05, 4.69) is 36.5 Å². The van der Waals surface area contributed by atoms with Gasteiger partial charge in [-0.3, -0.25) is 5.32 Å². The van der Waals surface area contributed by atoms with Gasteiger partial charge in [0.2, 0.25) is 5.91 Å². The fourth-order valence-electron chi connectivity index (χ4n) is 1.94. The largest absolute Gasteiger partial charge is 0.336 e. The second-order valence-electron chi connectivity index (χ2n) is 4.02. The van der Waals surface area contributed by atoms with Crippen molar-refractivity contribution in [1.82, 2.24) is 5.32 Å². The highest BCUT2D eigenvalue weighted by Crippen LogP contribution is 2.42. The highest BCUT2D eigenvalue weighted by atomic mass is 16.7. The van der Waals surface area contributed by atoms with Gasteiger partial charge in [0.15, 0.2) is 0 Å². The number of aryl methyl sites for hydroxylation is 1. The lowest BCUT2D eigenvalue weighted by Crippen LogP contribution is -2.24. The Morgan fingerprint density at radius 1 is 1.12 bits per heavy atom. The minimum Gasteiger partial charge on any atom is -0.336 e. The van der Waals surface area contributed by atoms with Gasteiger partial charge < -0.3 is 9.47 Å². The van der Waals surface area contributed by atoms with Gasteiger partial charge in [-0.1, -0.05) is 29.8 Å². The molecule has 16 heavy (non-hydrogen) atoms. The minimum atomic E-state index is -0.585. The van der Waals surface area contributed by atoms with E-state index in [0.717, 1.165) is 0 Å². The zero-order valence-corrected chi connectivity index (χ0v) is 10.1. The third-order valence-electron chi connectivity index (χ3n) is 2.77. The monoisotopic (exact) mass is 221 g/mol. The van der Waals surface area contributed by atoms with Crippen molar-refractivity contribution in [3.63, 3.8) is 0 Å². The summed E-state index contributed by atoms with van der Waals surface area (Å²) in [5, 5.41) is 3.28. The maximum atomic E-state index is 5.64. The van der Waals surface area contributed by atoms with Gasteiger partial charge in [0.05, 0.1) is 0 Å². The number of hydrogen-bond acceptors (Lipinski definition) is 3. The van der Waals surface area contributed by atoms with Crippen molar-refractivity contribution in [2.24, 2.45) is 0 Å². The van der Waals surface area contributed by atoms with Crippen LogP contribution in [0, 0.1) is 6.92 Å². The predicted octanol–water partition coefficient (Wildman–Crippen LogP) is 2.37. The van der Waals surface area contributed by atoms with Crippen LogP contribution in [-0.4, -0.2) is 19.1 Å². The van der Waals surface area contributed by atoms with E-state index in [1.165, 1.54) is 11.1 Å². The van der Waals surface area contributed by atoms with Gasteiger partial charge in [0, 0.05) is 13.2 Å². The standard InChI is InChI=1S/C13H19NO2/c1-4-15-13(16-5-2)12(14-13)11-8-6-10(3)7-9-11/h6-9,12,14H,4-5H2,1-3H3. The van der Waals surface area contributed by atoms with Crippen molar-refractivity contribution in [2.45, 2.75) is 32.7 Å². The van der Waals surface area contributed by atoms with Crippen molar-refractivity contribution in [3.05, 3.63) is 35.4 Å². The number of hydrogen-bond donors (Lipinski definition) is 1. The summed E-state index contributed by atoms with van der Waals surface area (Å²) in [4.78, 5) is 0. The molecular weight excluding hydrogens is 202 g/mol. The molecule has 0 amide bonds. The van der Waals surface area contributed by atoms with E-state index in [9.17, 15) is 0 Å². The van der Waals surface area contributed by atoms with Crippen molar-refractivity contribution >= 4 is 0 Å². The lowest BCUT2D eigenvalue weighted by Gasteiger charge is -2.14. The van der Waals surface area contributed by atoms with Crippen LogP contribution in [0.2, 0.25) is 0 Å². The van der Waals surface area contributed by atoms with Crippen molar-refractivity contribution in [2.75, 3.05) is 13.2 Å². The summed E-state index contributed by atoms with van der Waals surface area (Å²) < 4.78 is 11.3. The zero-order chi connectivity index (χ0) is 11.6. The summed E-state index contributed by atoms with van der Waals surface area (Å²) in [5.41, 5.74) is 2.48. The van der Waals surface area contributed by atoms with Crippen LogP contribution in [0.25, 0.3) is 0 Å². The Kier molecular flexibility index (Phi) is 3.28. The SMILES string of the molecule is CCOC1(OCC)NC1c1ccc(C)cc1. The maximum Gasteiger partial charge on any atom is 0.248 e. The molecule has 0 saturated carbocycles. The third-order valence-corrected chi connectivity index (χ3v) is 2.77. The summed E-state index contributed by atoms with van der Waals surface area (Å²) in [7, 11) is 0. The van der Waals surface area contributed by atoms with E-state index in [-0.39, 0.29) is 6.04 Å². The van der Waals surface area contributed by atoms with Crippen LogP contribution < -0.4 is 5.32 Å². The molecule has 1 aliphatic heterocycles. The number of benzene rings is 1. The average molecular weight is 221 g/mol. The van der Waals surface area contributed by atoms with Crippen molar-refractivity contribution in [1.29, 1.82) is 0 Å². The first-order valence-corrected chi connectivity index (χ1v) is 5.84. The van der Waals surface area contributed by atoms with Crippen LogP contribution in [-0.2, 0) is 9.47 Å². The molecule has 1 aromatic carbocycles. The fraction of sp³-hybridized carbons (Fsp3) is 0.538. The molecule has 1 unspecified atom stereocenters. The molecule has 2 rings (SSSR count). The van der Waals surface area contributed by atoms with Crippen LogP contribution in [0.1, 0.15) is 31.0 Å². The molecule has 0 aromatic heterocycles. The Morgan fingerprint density at radius 2 is 1.69 bits per heavy atom. The Balaban J connectivity index is 2.09. The minimum absolute atomic E-state index is 0.160. The van der Waals surface area contributed by atoms with Gasteiger partial charge >= 0.3 is 0 Å². The Labute approximate surface area is 96.8 Å². The normalized spacial score (nSPS) is 22.1. The second kappa shape index (κ2) is 4.53. The summed E-state index contributed by atoms with van der Waals surface area (Å²) in [6.07, 6.45) is 0. The van der Waals surface area contributed by atoms with E-state index in [1.54, 1.807) is 0 Å². The lowest BCUT2D eigenvalue weighted by atomic mass is 10.1. The van der Waals surface area contributed by atoms with E-state index in [0.29, 0.717) is 13.2 Å². The second-order valence-corrected chi connectivity index (χ2v) is 4.02. The van der Waals surface area contributed by atoms with Gasteiger partial charge in [-0.25, -0.2) is 0 Å². The Hall–Kier alpha value is -0.900. The molecule has 0 aliphatic carbocycles. The zero-order valence-electron chi connectivity index (χ0n) is 10.1. The van der Waals surface area contributed by atoms with Gasteiger partial charge in [0.25, 0.3) is 0 Å². The van der Waals surface area contributed by atoms with Crippen LogP contribution in [0.4, 0.5) is 0 Å². The van der Waals surface area contributed by atoms with Crippen molar-refractivity contribution in [3.8, 4) is 0 Å². The molecule has 0 bridgehead atoms. The van der Waals surface area contributed by atoms with E-state index in [1.807, 2.05) is 13.8 Å². The maximum absolute atomic E-state index is 5.64. The van der Waals surface area contributed by atoms with Gasteiger partial charge in [-0.15, -0.1) is 0 Å². The molecule has 1 aromatic rings. The quantitative estimate of drug-likeness (QED) is 0.613. The molecule has 0 radical (unpaired) electrons. The molecule has 3 nitrogen and oxygen atoms in total. The first-order chi connectivity index (χ1) is 7.72. The third kappa shape index (κ3) is 2.12. The van der Waals surface area contributed by atoms with Crippen LogP contribution in [0.15, 0.2) is 24.3 Å². The number of ether oxygens (including phenoxy) is 2.